The minimum atomic E-state index is -0.283. The van der Waals surface area contributed by atoms with Crippen molar-refractivity contribution >= 4 is 15.9 Å². The van der Waals surface area contributed by atoms with E-state index >= 15 is 0 Å². The van der Waals surface area contributed by atoms with Gasteiger partial charge in [-0.3, -0.25) is 4.68 Å². The molecular weight excluding hydrogens is 263 g/mol. The molecule has 5 heteroatoms. The van der Waals surface area contributed by atoms with Crippen LogP contribution in [0, 0.1) is 5.82 Å². The fourth-order valence-corrected chi connectivity index (χ4v) is 1.74. The average Bonchev–Trinajstić information content (AvgIpc) is 2.56. The number of rotatable bonds is 2. The quantitative estimate of drug-likeness (QED) is 0.911. The van der Waals surface area contributed by atoms with Crippen molar-refractivity contribution in [3.63, 3.8) is 0 Å². The van der Waals surface area contributed by atoms with Gasteiger partial charge in [0.05, 0.1) is 18.9 Å². The number of nitrogens with zero attached hydrogens (tertiary/aromatic N) is 2. The van der Waals surface area contributed by atoms with Crippen LogP contribution in [0.2, 0.25) is 0 Å². The number of aromatic hydroxyl groups is 1. The zero-order chi connectivity index (χ0) is 10.8. The maximum absolute atomic E-state index is 12.8. The van der Waals surface area contributed by atoms with Gasteiger partial charge in [-0.1, -0.05) is 22.0 Å². The SMILES string of the molecule is Oc1cnn(Cc2ccc(F)cc2Br)c1. The van der Waals surface area contributed by atoms with Crippen molar-refractivity contribution < 1.29 is 9.50 Å². The molecule has 0 bridgehead atoms. The van der Waals surface area contributed by atoms with Crippen molar-refractivity contribution in [1.29, 1.82) is 0 Å². The highest BCUT2D eigenvalue weighted by atomic mass is 79.9. The Bertz CT molecular complexity index is 484. The topological polar surface area (TPSA) is 38.1 Å². The van der Waals surface area contributed by atoms with Gasteiger partial charge < -0.3 is 5.11 Å². The second-order valence-corrected chi connectivity index (χ2v) is 3.99. The van der Waals surface area contributed by atoms with Crippen LogP contribution in [-0.4, -0.2) is 14.9 Å². The summed E-state index contributed by atoms with van der Waals surface area (Å²) in [6.45, 7) is 0.488. The van der Waals surface area contributed by atoms with E-state index in [1.54, 1.807) is 10.7 Å². The van der Waals surface area contributed by atoms with Gasteiger partial charge in [-0.25, -0.2) is 4.39 Å². The van der Waals surface area contributed by atoms with Gasteiger partial charge in [0, 0.05) is 4.47 Å². The Hall–Kier alpha value is -1.36. The number of hydrogen-bond donors (Lipinski definition) is 1. The Morgan fingerprint density at radius 2 is 2.27 bits per heavy atom. The summed E-state index contributed by atoms with van der Waals surface area (Å²) in [6.07, 6.45) is 2.87. The molecule has 1 aromatic carbocycles. The zero-order valence-electron chi connectivity index (χ0n) is 7.69. The molecular formula is C10H8BrFN2O. The minimum absolute atomic E-state index is 0.119. The van der Waals surface area contributed by atoms with Gasteiger partial charge in [0.25, 0.3) is 0 Å². The summed E-state index contributed by atoms with van der Waals surface area (Å²) in [5.41, 5.74) is 0.902. The lowest BCUT2D eigenvalue weighted by Crippen LogP contribution is -2.00. The van der Waals surface area contributed by atoms with Gasteiger partial charge in [0.1, 0.15) is 5.82 Å². The van der Waals surface area contributed by atoms with Crippen molar-refractivity contribution in [2.75, 3.05) is 0 Å². The molecule has 2 aromatic rings. The molecule has 1 aromatic heterocycles. The van der Waals surface area contributed by atoms with Crippen LogP contribution in [0.4, 0.5) is 4.39 Å². The third-order valence-electron chi connectivity index (χ3n) is 1.97. The summed E-state index contributed by atoms with van der Waals surface area (Å²) in [5.74, 6) is -0.165. The average molecular weight is 271 g/mol. The van der Waals surface area contributed by atoms with Crippen LogP contribution < -0.4 is 0 Å². The van der Waals surface area contributed by atoms with E-state index in [4.69, 9.17) is 5.11 Å². The van der Waals surface area contributed by atoms with Crippen LogP contribution in [-0.2, 0) is 6.54 Å². The van der Waals surface area contributed by atoms with Crippen molar-refractivity contribution in [3.05, 3.63) is 46.4 Å². The summed E-state index contributed by atoms with van der Waals surface area (Å²) < 4.78 is 15.1. The summed E-state index contributed by atoms with van der Waals surface area (Å²) in [4.78, 5) is 0. The zero-order valence-corrected chi connectivity index (χ0v) is 9.28. The smallest absolute Gasteiger partial charge is 0.153 e. The molecule has 0 spiro atoms. The molecule has 0 aliphatic carbocycles. The van der Waals surface area contributed by atoms with Gasteiger partial charge in [-0.2, -0.15) is 5.10 Å². The lowest BCUT2D eigenvalue weighted by Gasteiger charge is -2.04. The molecule has 15 heavy (non-hydrogen) atoms. The number of halogens is 2. The first-order valence-electron chi connectivity index (χ1n) is 4.30. The molecule has 0 saturated carbocycles. The van der Waals surface area contributed by atoms with Crippen LogP contribution in [0.1, 0.15) is 5.56 Å². The lowest BCUT2D eigenvalue weighted by molar-refractivity contribution is 0.474. The molecule has 0 saturated heterocycles. The molecule has 0 radical (unpaired) electrons. The highest BCUT2D eigenvalue weighted by Gasteiger charge is 2.03. The summed E-state index contributed by atoms with van der Waals surface area (Å²) >= 11 is 3.27. The van der Waals surface area contributed by atoms with Gasteiger partial charge in [0.2, 0.25) is 0 Å². The van der Waals surface area contributed by atoms with Crippen LogP contribution in [0.3, 0.4) is 0 Å². The van der Waals surface area contributed by atoms with E-state index in [9.17, 15) is 4.39 Å². The van der Waals surface area contributed by atoms with Gasteiger partial charge in [-0.15, -0.1) is 0 Å². The molecule has 0 atom stereocenters. The van der Waals surface area contributed by atoms with Crippen molar-refractivity contribution in [1.82, 2.24) is 9.78 Å². The Balaban J connectivity index is 2.24. The third-order valence-corrected chi connectivity index (χ3v) is 2.71. The Kier molecular flexibility index (Phi) is 2.73. The molecule has 1 N–H and O–H groups in total. The van der Waals surface area contributed by atoms with Gasteiger partial charge >= 0.3 is 0 Å². The summed E-state index contributed by atoms with van der Waals surface area (Å²) in [5, 5.41) is 13.0. The van der Waals surface area contributed by atoms with Crippen LogP contribution in [0.25, 0.3) is 0 Å². The highest BCUT2D eigenvalue weighted by Crippen LogP contribution is 2.19. The Labute approximate surface area is 94.3 Å². The Morgan fingerprint density at radius 3 is 2.87 bits per heavy atom. The third kappa shape index (κ3) is 2.36. The lowest BCUT2D eigenvalue weighted by atomic mass is 10.2. The van der Waals surface area contributed by atoms with Crippen LogP contribution >= 0.6 is 15.9 Å². The highest BCUT2D eigenvalue weighted by molar-refractivity contribution is 9.10. The second-order valence-electron chi connectivity index (χ2n) is 3.13. The fraction of sp³-hybridized carbons (Fsp3) is 0.100. The standard InChI is InChI=1S/C10H8BrFN2O/c11-10-3-8(12)2-1-7(10)5-14-6-9(15)4-13-14/h1-4,6,15H,5H2. The first-order chi connectivity index (χ1) is 7.15. The normalized spacial score (nSPS) is 10.5. The van der Waals surface area contributed by atoms with E-state index in [0.717, 1.165) is 5.56 Å². The molecule has 0 aliphatic rings. The predicted molar refractivity (Wildman–Crippen MR) is 57.1 cm³/mol. The maximum atomic E-state index is 12.8. The van der Waals surface area contributed by atoms with Crippen molar-refractivity contribution in [2.24, 2.45) is 0 Å². The van der Waals surface area contributed by atoms with Crippen molar-refractivity contribution in [3.8, 4) is 5.75 Å². The van der Waals surface area contributed by atoms with Gasteiger partial charge in [-0.05, 0) is 17.7 Å². The minimum Gasteiger partial charge on any atom is -0.505 e. The van der Waals surface area contributed by atoms with Crippen molar-refractivity contribution in [2.45, 2.75) is 6.54 Å². The number of benzene rings is 1. The maximum Gasteiger partial charge on any atom is 0.153 e. The van der Waals surface area contributed by atoms with E-state index in [2.05, 4.69) is 21.0 Å². The van der Waals surface area contributed by atoms with E-state index in [1.807, 2.05) is 0 Å². The van der Waals surface area contributed by atoms with E-state index in [-0.39, 0.29) is 11.6 Å². The largest absolute Gasteiger partial charge is 0.505 e. The second kappa shape index (κ2) is 4.02. The monoisotopic (exact) mass is 270 g/mol. The Morgan fingerprint density at radius 1 is 1.47 bits per heavy atom. The first kappa shape index (κ1) is 10.2. The molecule has 0 amide bonds. The molecule has 3 nitrogen and oxygen atoms in total. The number of hydrogen-bond acceptors (Lipinski definition) is 2. The predicted octanol–water partition coefficient (Wildman–Crippen LogP) is 2.54. The molecule has 2 rings (SSSR count). The first-order valence-corrected chi connectivity index (χ1v) is 5.10. The fourth-order valence-electron chi connectivity index (χ4n) is 1.26. The van der Waals surface area contributed by atoms with E-state index < -0.39 is 0 Å². The molecule has 78 valence electrons. The van der Waals surface area contributed by atoms with E-state index in [0.29, 0.717) is 11.0 Å². The van der Waals surface area contributed by atoms with Gasteiger partial charge in [0.15, 0.2) is 5.75 Å². The van der Waals surface area contributed by atoms with E-state index in [1.165, 1.54) is 24.5 Å². The van der Waals surface area contributed by atoms with Crippen LogP contribution in [0.5, 0.6) is 5.75 Å². The number of aromatic nitrogens is 2. The summed E-state index contributed by atoms with van der Waals surface area (Å²) in [6, 6.07) is 4.47. The summed E-state index contributed by atoms with van der Waals surface area (Å²) in [7, 11) is 0. The molecule has 1 heterocycles. The molecule has 0 unspecified atom stereocenters. The molecule has 0 aliphatic heterocycles. The van der Waals surface area contributed by atoms with Crippen LogP contribution in [0.15, 0.2) is 35.1 Å². The molecule has 0 fully saturated rings.